The van der Waals surface area contributed by atoms with Gasteiger partial charge in [-0.1, -0.05) is 36.4 Å². The largest absolute Gasteiger partial charge is 0.507 e. The fourth-order valence-electron chi connectivity index (χ4n) is 5.91. The maximum atomic E-state index is 13.7. The topological polar surface area (TPSA) is 107 Å². The lowest BCUT2D eigenvalue weighted by Crippen LogP contribution is -2.39. The van der Waals surface area contributed by atoms with Gasteiger partial charge in [-0.3, -0.25) is 14.5 Å². The first-order chi connectivity index (χ1) is 22.0. The number of aliphatic hydroxyl groups is 1. The number of ketones is 1. The molecule has 3 aliphatic rings. The minimum absolute atomic E-state index is 0.0171. The van der Waals surface area contributed by atoms with Gasteiger partial charge in [-0.2, -0.15) is 0 Å². The molecular weight excluding hydrogens is 576 g/mol. The van der Waals surface area contributed by atoms with E-state index >= 15 is 0 Å². The summed E-state index contributed by atoms with van der Waals surface area (Å²) in [6.07, 6.45) is 0.657. The molecule has 6 rings (SSSR count). The smallest absolute Gasteiger partial charge is 0.295 e. The molecule has 2 saturated heterocycles. The lowest BCUT2D eigenvalue weighted by molar-refractivity contribution is -0.140. The van der Waals surface area contributed by atoms with Crippen molar-refractivity contribution >= 4 is 17.4 Å². The number of amides is 1. The summed E-state index contributed by atoms with van der Waals surface area (Å²) in [6.45, 7) is 7.55. The van der Waals surface area contributed by atoms with Crippen molar-refractivity contribution < 1.29 is 38.4 Å². The number of aliphatic hydroxyl groups excluding tert-OH is 1. The van der Waals surface area contributed by atoms with Crippen molar-refractivity contribution in [2.24, 2.45) is 0 Å². The standard InChI is InChI=1S/C35H38N2O8/c1-2-42-29-21-25(9-11-28(29)45-23-24-7-4-3-5-8-24)32-31(33(38)26-10-12-27-30(22-26)44-20-19-43-27)34(39)35(40)37(32)14-6-13-36-15-17-41-18-16-36/h3-5,7-12,21-22,32,38H,2,6,13-20,23H2,1H3/t32-/m1/s1. The van der Waals surface area contributed by atoms with Crippen LogP contribution in [0.3, 0.4) is 0 Å². The molecule has 1 N–H and O–H groups in total. The van der Waals surface area contributed by atoms with Crippen LogP contribution in [0.4, 0.5) is 0 Å². The second kappa shape index (κ2) is 14.0. The molecular formula is C35H38N2O8. The molecule has 0 saturated carbocycles. The number of carbonyl (C=O) groups excluding carboxylic acids is 2. The maximum absolute atomic E-state index is 13.7. The summed E-state index contributed by atoms with van der Waals surface area (Å²) in [5.41, 5.74) is 2.03. The number of ether oxygens (including phenoxy) is 5. The zero-order valence-corrected chi connectivity index (χ0v) is 25.4. The molecule has 0 aromatic heterocycles. The van der Waals surface area contributed by atoms with E-state index in [1.165, 1.54) is 0 Å². The van der Waals surface area contributed by atoms with E-state index in [2.05, 4.69) is 4.90 Å². The van der Waals surface area contributed by atoms with Crippen LogP contribution in [0, 0.1) is 0 Å². The van der Waals surface area contributed by atoms with Crippen LogP contribution in [0.25, 0.3) is 5.76 Å². The fourth-order valence-corrected chi connectivity index (χ4v) is 5.91. The van der Waals surface area contributed by atoms with Gasteiger partial charge >= 0.3 is 0 Å². The van der Waals surface area contributed by atoms with Crippen LogP contribution >= 0.6 is 0 Å². The molecule has 3 aromatic carbocycles. The highest BCUT2D eigenvalue weighted by atomic mass is 16.6. The fraction of sp³-hybridized carbons (Fsp3) is 0.371. The number of likely N-dealkylation sites (tertiary alicyclic amines) is 1. The van der Waals surface area contributed by atoms with Crippen LogP contribution in [-0.4, -0.2) is 85.8 Å². The Morgan fingerprint density at radius 3 is 2.42 bits per heavy atom. The highest BCUT2D eigenvalue weighted by molar-refractivity contribution is 6.46. The number of hydrogen-bond donors (Lipinski definition) is 1. The highest BCUT2D eigenvalue weighted by Crippen LogP contribution is 2.43. The Bertz CT molecular complexity index is 1550. The van der Waals surface area contributed by atoms with Crippen molar-refractivity contribution in [3.05, 3.63) is 89.0 Å². The summed E-state index contributed by atoms with van der Waals surface area (Å²) < 4.78 is 28.9. The zero-order valence-electron chi connectivity index (χ0n) is 25.4. The molecule has 45 heavy (non-hydrogen) atoms. The van der Waals surface area contributed by atoms with E-state index in [0.29, 0.717) is 86.7 Å². The third kappa shape index (κ3) is 6.77. The quantitative estimate of drug-likeness (QED) is 0.189. The number of fused-ring (bicyclic) bond motifs is 1. The van der Waals surface area contributed by atoms with Crippen molar-refractivity contribution in [1.82, 2.24) is 9.80 Å². The first kappa shape index (κ1) is 30.5. The van der Waals surface area contributed by atoms with Crippen molar-refractivity contribution in [1.29, 1.82) is 0 Å². The van der Waals surface area contributed by atoms with Crippen LogP contribution in [-0.2, 0) is 20.9 Å². The van der Waals surface area contributed by atoms with E-state index in [0.717, 1.165) is 25.2 Å². The van der Waals surface area contributed by atoms with Gasteiger partial charge in [0.25, 0.3) is 11.7 Å². The average molecular weight is 615 g/mol. The number of hydrogen-bond acceptors (Lipinski definition) is 9. The predicted molar refractivity (Wildman–Crippen MR) is 167 cm³/mol. The Morgan fingerprint density at radius 1 is 0.867 bits per heavy atom. The molecule has 1 amide bonds. The predicted octanol–water partition coefficient (Wildman–Crippen LogP) is 4.58. The SMILES string of the molecule is CCOc1cc([C@@H]2C(=C(O)c3ccc4c(c3)OCCO4)C(=O)C(=O)N2CCCN2CCOCC2)ccc1OCc1ccccc1. The molecule has 3 heterocycles. The van der Waals surface area contributed by atoms with Crippen molar-refractivity contribution in [2.45, 2.75) is 26.0 Å². The van der Waals surface area contributed by atoms with Gasteiger partial charge < -0.3 is 33.7 Å². The van der Waals surface area contributed by atoms with Gasteiger partial charge in [0.2, 0.25) is 0 Å². The molecule has 3 aromatic rings. The van der Waals surface area contributed by atoms with Crippen LogP contribution < -0.4 is 18.9 Å². The van der Waals surface area contributed by atoms with E-state index < -0.39 is 17.7 Å². The first-order valence-electron chi connectivity index (χ1n) is 15.5. The Hall–Kier alpha value is -4.54. The summed E-state index contributed by atoms with van der Waals surface area (Å²) in [4.78, 5) is 31.1. The number of rotatable bonds is 11. The summed E-state index contributed by atoms with van der Waals surface area (Å²) >= 11 is 0. The third-order valence-corrected chi connectivity index (χ3v) is 8.15. The molecule has 0 unspecified atom stereocenters. The summed E-state index contributed by atoms with van der Waals surface area (Å²) in [6, 6.07) is 19.4. The molecule has 10 nitrogen and oxygen atoms in total. The molecule has 0 radical (unpaired) electrons. The van der Waals surface area contributed by atoms with E-state index in [9.17, 15) is 14.7 Å². The lowest BCUT2D eigenvalue weighted by atomic mass is 9.94. The van der Waals surface area contributed by atoms with Gasteiger partial charge in [0.05, 0.1) is 31.4 Å². The molecule has 236 valence electrons. The number of benzene rings is 3. The van der Waals surface area contributed by atoms with E-state index in [4.69, 9.17) is 23.7 Å². The minimum atomic E-state index is -0.828. The second-order valence-corrected chi connectivity index (χ2v) is 11.1. The van der Waals surface area contributed by atoms with Gasteiger partial charge in [0.1, 0.15) is 25.6 Å². The molecule has 3 aliphatic heterocycles. The minimum Gasteiger partial charge on any atom is -0.507 e. The highest BCUT2D eigenvalue weighted by Gasteiger charge is 2.46. The molecule has 0 bridgehead atoms. The van der Waals surface area contributed by atoms with E-state index in [1.807, 2.05) is 43.3 Å². The Labute approximate surface area is 262 Å². The van der Waals surface area contributed by atoms with Crippen LogP contribution in [0.2, 0.25) is 0 Å². The molecule has 0 aliphatic carbocycles. The lowest BCUT2D eigenvalue weighted by Gasteiger charge is -2.29. The molecule has 2 fully saturated rings. The van der Waals surface area contributed by atoms with Crippen molar-refractivity contribution in [2.75, 3.05) is 59.2 Å². The van der Waals surface area contributed by atoms with Crippen molar-refractivity contribution in [3.63, 3.8) is 0 Å². The van der Waals surface area contributed by atoms with Crippen LogP contribution in [0.1, 0.15) is 36.1 Å². The van der Waals surface area contributed by atoms with Crippen LogP contribution in [0.5, 0.6) is 23.0 Å². The number of carbonyl (C=O) groups is 2. The molecule has 10 heteroatoms. The number of Topliss-reactive ketones (excluding diaryl/α,β-unsaturated/α-hetero) is 1. The zero-order chi connectivity index (χ0) is 31.2. The number of morpholine rings is 1. The summed E-state index contributed by atoms with van der Waals surface area (Å²) in [7, 11) is 0. The van der Waals surface area contributed by atoms with Gasteiger partial charge in [-0.15, -0.1) is 0 Å². The van der Waals surface area contributed by atoms with Gasteiger partial charge in [0.15, 0.2) is 23.0 Å². The number of nitrogens with zero attached hydrogens (tertiary/aromatic N) is 2. The molecule has 0 spiro atoms. The Morgan fingerprint density at radius 2 is 1.64 bits per heavy atom. The van der Waals surface area contributed by atoms with E-state index in [-0.39, 0.29) is 11.3 Å². The normalized spacial score (nSPS) is 19.5. The van der Waals surface area contributed by atoms with E-state index in [1.54, 1.807) is 35.2 Å². The van der Waals surface area contributed by atoms with Gasteiger partial charge in [0, 0.05) is 31.7 Å². The maximum Gasteiger partial charge on any atom is 0.295 e. The van der Waals surface area contributed by atoms with Gasteiger partial charge in [-0.25, -0.2) is 0 Å². The third-order valence-electron chi connectivity index (χ3n) is 8.15. The van der Waals surface area contributed by atoms with Gasteiger partial charge in [-0.05, 0) is 54.8 Å². The molecule has 1 atom stereocenters. The van der Waals surface area contributed by atoms with Crippen molar-refractivity contribution in [3.8, 4) is 23.0 Å². The summed E-state index contributed by atoms with van der Waals surface area (Å²) in [5, 5.41) is 11.6. The monoisotopic (exact) mass is 614 g/mol. The Kier molecular flexibility index (Phi) is 9.52. The Balaban J connectivity index is 1.35. The summed E-state index contributed by atoms with van der Waals surface area (Å²) in [5.74, 6) is 0.410. The second-order valence-electron chi connectivity index (χ2n) is 11.1. The first-order valence-corrected chi connectivity index (χ1v) is 15.5. The average Bonchev–Trinajstić information content (AvgIpc) is 3.33. The van der Waals surface area contributed by atoms with Crippen LogP contribution in [0.15, 0.2) is 72.3 Å².